The quantitative estimate of drug-likeness (QED) is 0.656. The molecule has 1 aromatic carbocycles. The summed E-state index contributed by atoms with van der Waals surface area (Å²) in [6.07, 6.45) is 0. The van der Waals surface area contributed by atoms with Crippen LogP contribution in [-0.2, 0) is 13.1 Å². The number of thiophene rings is 1. The van der Waals surface area contributed by atoms with E-state index in [-0.39, 0.29) is 0 Å². The minimum Gasteiger partial charge on any atom is -0.419 e. The molecule has 0 atom stereocenters. The van der Waals surface area contributed by atoms with E-state index in [0.29, 0.717) is 18.3 Å². The van der Waals surface area contributed by atoms with Crippen molar-refractivity contribution in [3.63, 3.8) is 0 Å². The van der Waals surface area contributed by atoms with Gasteiger partial charge in [-0.15, -0.1) is 21.5 Å². The highest BCUT2D eigenvalue weighted by Crippen LogP contribution is 2.24. The first kappa shape index (κ1) is 15.4. The normalized spacial score (nSPS) is 11.3. The van der Waals surface area contributed by atoms with Crippen LogP contribution in [-0.4, -0.2) is 22.1 Å². The predicted molar refractivity (Wildman–Crippen MR) is 91.7 cm³/mol. The second-order valence-electron chi connectivity index (χ2n) is 5.25. The fourth-order valence-corrected chi connectivity index (χ4v) is 3.77. The molecule has 2 aromatic heterocycles. The molecule has 0 radical (unpaired) electrons. The number of rotatable bonds is 5. The van der Waals surface area contributed by atoms with Crippen LogP contribution in [0.4, 0.5) is 0 Å². The van der Waals surface area contributed by atoms with Crippen molar-refractivity contribution in [3.8, 4) is 11.5 Å². The molecule has 3 rings (SSSR count). The van der Waals surface area contributed by atoms with Crippen LogP contribution in [0.2, 0.25) is 0 Å². The first-order valence-corrected chi connectivity index (χ1v) is 8.53. The molecule has 0 amide bonds. The summed E-state index contributed by atoms with van der Waals surface area (Å²) in [6, 6.07) is 12.3. The Morgan fingerprint density at radius 1 is 1.18 bits per heavy atom. The fourth-order valence-electron chi connectivity index (χ4n) is 2.20. The van der Waals surface area contributed by atoms with E-state index in [4.69, 9.17) is 4.42 Å². The Balaban J connectivity index is 1.66. The van der Waals surface area contributed by atoms with Crippen LogP contribution in [0.15, 0.2) is 44.6 Å². The van der Waals surface area contributed by atoms with Crippen LogP contribution >= 0.6 is 27.3 Å². The zero-order valence-corrected chi connectivity index (χ0v) is 14.8. The third-order valence-electron chi connectivity index (χ3n) is 3.19. The molecular formula is C16H16BrN3OS. The second-order valence-corrected chi connectivity index (χ2v) is 7.80. The Bertz CT molecular complexity index is 768. The van der Waals surface area contributed by atoms with Crippen molar-refractivity contribution in [1.82, 2.24) is 15.1 Å². The molecule has 0 aliphatic carbocycles. The summed E-state index contributed by atoms with van der Waals surface area (Å²) in [6.45, 7) is 3.54. The Hall–Kier alpha value is -1.50. The van der Waals surface area contributed by atoms with Crippen LogP contribution in [0.25, 0.3) is 11.5 Å². The zero-order valence-electron chi connectivity index (χ0n) is 12.4. The molecule has 0 saturated heterocycles. The summed E-state index contributed by atoms with van der Waals surface area (Å²) in [4.78, 5) is 3.46. The standard InChI is InChI=1S/C16H16BrN3OS/c1-11-4-3-5-12(8-11)16-19-18-15(21-16)10-20(2)9-13-6-7-14(17)22-13/h3-8H,9-10H2,1-2H3. The Labute approximate surface area is 141 Å². The van der Waals surface area contributed by atoms with Gasteiger partial charge in [0.1, 0.15) is 0 Å². The summed E-state index contributed by atoms with van der Waals surface area (Å²) in [7, 11) is 2.05. The van der Waals surface area contributed by atoms with Crippen LogP contribution in [0.1, 0.15) is 16.3 Å². The van der Waals surface area contributed by atoms with Gasteiger partial charge < -0.3 is 4.42 Å². The van der Waals surface area contributed by atoms with E-state index in [2.05, 4.69) is 43.2 Å². The predicted octanol–water partition coefficient (Wildman–Crippen LogP) is 4.50. The van der Waals surface area contributed by atoms with Gasteiger partial charge in [-0.1, -0.05) is 17.7 Å². The molecule has 6 heteroatoms. The van der Waals surface area contributed by atoms with Crippen LogP contribution in [0.3, 0.4) is 0 Å². The highest BCUT2D eigenvalue weighted by molar-refractivity contribution is 9.11. The van der Waals surface area contributed by atoms with E-state index in [1.54, 1.807) is 11.3 Å². The summed E-state index contributed by atoms with van der Waals surface area (Å²) in [5, 5.41) is 8.29. The molecule has 0 N–H and O–H groups in total. The second kappa shape index (κ2) is 6.73. The lowest BCUT2D eigenvalue weighted by atomic mass is 10.1. The van der Waals surface area contributed by atoms with Gasteiger partial charge in [-0.05, 0) is 54.2 Å². The average Bonchev–Trinajstić information content (AvgIpc) is 3.08. The van der Waals surface area contributed by atoms with E-state index in [0.717, 1.165) is 15.9 Å². The number of hydrogen-bond donors (Lipinski definition) is 0. The molecule has 2 heterocycles. The molecule has 22 heavy (non-hydrogen) atoms. The van der Waals surface area contributed by atoms with E-state index >= 15 is 0 Å². The van der Waals surface area contributed by atoms with Crippen LogP contribution in [0.5, 0.6) is 0 Å². The van der Waals surface area contributed by atoms with Gasteiger partial charge >= 0.3 is 0 Å². The molecule has 3 aromatic rings. The minimum absolute atomic E-state index is 0.575. The van der Waals surface area contributed by atoms with Crippen molar-refractivity contribution >= 4 is 27.3 Å². The summed E-state index contributed by atoms with van der Waals surface area (Å²) in [5.74, 6) is 1.21. The SMILES string of the molecule is Cc1cccc(-c2nnc(CN(C)Cc3ccc(Br)s3)o2)c1. The molecule has 4 nitrogen and oxygen atoms in total. The van der Waals surface area contributed by atoms with Gasteiger partial charge in [-0.25, -0.2) is 0 Å². The Morgan fingerprint density at radius 3 is 2.77 bits per heavy atom. The van der Waals surface area contributed by atoms with Gasteiger partial charge in [0.25, 0.3) is 0 Å². The maximum absolute atomic E-state index is 5.77. The fraction of sp³-hybridized carbons (Fsp3) is 0.250. The smallest absolute Gasteiger partial charge is 0.247 e. The van der Waals surface area contributed by atoms with E-state index < -0.39 is 0 Å². The maximum Gasteiger partial charge on any atom is 0.247 e. The lowest BCUT2D eigenvalue weighted by Crippen LogP contribution is -2.16. The van der Waals surface area contributed by atoms with Crippen molar-refractivity contribution in [2.24, 2.45) is 0 Å². The molecule has 0 spiro atoms. The molecule has 114 valence electrons. The molecule has 0 bridgehead atoms. The van der Waals surface area contributed by atoms with Crippen molar-refractivity contribution in [2.45, 2.75) is 20.0 Å². The summed E-state index contributed by atoms with van der Waals surface area (Å²) in [5.41, 5.74) is 2.14. The first-order chi connectivity index (χ1) is 10.6. The largest absolute Gasteiger partial charge is 0.419 e. The minimum atomic E-state index is 0.575. The third-order valence-corrected chi connectivity index (χ3v) is 4.80. The maximum atomic E-state index is 5.77. The zero-order chi connectivity index (χ0) is 15.5. The monoisotopic (exact) mass is 377 g/mol. The number of hydrogen-bond acceptors (Lipinski definition) is 5. The van der Waals surface area contributed by atoms with Crippen LogP contribution in [0, 0.1) is 6.92 Å². The lowest BCUT2D eigenvalue weighted by Gasteiger charge is -2.12. The highest BCUT2D eigenvalue weighted by atomic mass is 79.9. The van der Waals surface area contributed by atoms with Gasteiger partial charge in [-0.3, -0.25) is 4.90 Å². The Morgan fingerprint density at radius 2 is 2.05 bits per heavy atom. The van der Waals surface area contributed by atoms with Crippen molar-refractivity contribution in [3.05, 3.63) is 56.5 Å². The number of aryl methyl sites for hydroxylation is 1. The summed E-state index contributed by atoms with van der Waals surface area (Å²) >= 11 is 5.22. The van der Waals surface area contributed by atoms with Gasteiger partial charge in [0.2, 0.25) is 11.8 Å². The van der Waals surface area contributed by atoms with E-state index in [1.807, 2.05) is 38.2 Å². The first-order valence-electron chi connectivity index (χ1n) is 6.92. The lowest BCUT2D eigenvalue weighted by molar-refractivity contribution is 0.285. The number of aromatic nitrogens is 2. The van der Waals surface area contributed by atoms with E-state index in [1.165, 1.54) is 10.4 Å². The molecule has 0 aliphatic heterocycles. The topological polar surface area (TPSA) is 42.2 Å². The van der Waals surface area contributed by atoms with Gasteiger partial charge in [0.05, 0.1) is 10.3 Å². The number of benzene rings is 1. The Kier molecular flexibility index (Phi) is 4.71. The van der Waals surface area contributed by atoms with Gasteiger partial charge in [-0.2, -0.15) is 0 Å². The van der Waals surface area contributed by atoms with Gasteiger partial charge in [0.15, 0.2) is 0 Å². The van der Waals surface area contributed by atoms with Crippen molar-refractivity contribution in [2.75, 3.05) is 7.05 Å². The van der Waals surface area contributed by atoms with Crippen molar-refractivity contribution in [1.29, 1.82) is 0 Å². The number of nitrogens with zero attached hydrogens (tertiary/aromatic N) is 3. The van der Waals surface area contributed by atoms with Gasteiger partial charge in [0, 0.05) is 17.0 Å². The summed E-state index contributed by atoms with van der Waals surface area (Å²) < 4.78 is 6.92. The van der Waals surface area contributed by atoms with E-state index in [9.17, 15) is 0 Å². The molecule has 0 aliphatic rings. The molecular weight excluding hydrogens is 362 g/mol. The highest BCUT2D eigenvalue weighted by Gasteiger charge is 2.11. The average molecular weight is 378 g/mol. The molecule has 0 unspecified atom stereocenters. The molecule has 0 fully saturated rings. The van der Waals surface area contributed by atoms with Crippen LogP contribution < -0.4 is 0 Å². The molecule has 0 saturated carbocycles. The van der Waals surface area contributed by atoms with Crippen molar-refractivity contribution < 1.29 is 4.42 Å². The number of halogens is 1. The third kappa shape index (κ3) is 3.82.